The van der Waals surface area contributed by atoms with Crippen LogP contribution in [0.5, 0.6) is 0 Å². The number of aromatic amines is 1. The molecule has 1 heterocycles. The minimum absolute atomic E-state index is 0.161. The monoisotopic (exact) mass is 412 g/mol. The smallest absolute Gasteiger partial charge is 0.269 e. The van der Waals surface area contributed by atoms with Crippen molar-refractivity contribution in [2.24, 2.45) is 0 Å². The average Bonchev–Trinajstić information content (AvgIpc) is 3.16. The number of benzene rings is 2. The van der Waals surface area contributed by atoms with Crippen molar-refractivity contribution in [3.63, 3.8) is 0 Å². The first-order valence-electron chi connectivity index (χ1n) is 7.97. The summed E-state index contributed by atoms with van der Waals surface area (Å²) in [7, 11) is 1.58. The number of hydrogen-bond donors (Lipinski definition) is 3. The summed E-state index contributed by atoms with van der Waals surface area (Å²) in [5, 5.41) is 12.3. The number of carbonyl (C=O) groups is 2. The zero-order chi connectivity index (χ0) is 18.5. The Hall–Kier alpha value is -2.93. The average molecular weight is 413 g/mol. The number of halogens is 1. The van der Waals surface area contributed by atoms with Gasteiger partial charge in [-0.3, -0.25) is 14.7 Å². The lowest BCUT2D eigenvalue weighted by molar-refractivity contribution is 0.0944. The highest BCUT2D eigenvalue weighted by molar-refractivity contribution is 9.10. The van der Waals surface area contributed by atoms with E-state index in [9.17, 15) is 9.59 Å². The van der Waals surface area contributed by atoms with Crippen LogP contribution in [-0.2, 0) is 6.54 Å². The first-order chi connectivity index (χ1) is 12.6. The molecule has 7 heteroatoms. The zero-order valence-corrected chi connectivity index (χ0v) is 15.6. The highest BCUT2D eigenvalue weighted by Gasteiger charge is 2.11. The second-order valence-electron chi connectivity index (χ2n) is 5.64. The van der Waals surface area contributed by atoms with E-state index in [1.54, 1.807) is 31.3 Å². The molecule has 132 valence electrons. The quantitative estimate of drug-likeness (QED) is 0.601. The van der Waals surface area contributed by atoms with Crippen LogP contribution in [0.4, 0.5) is 0 Å². The summed E-state index contributed by atoms with van der Waals surface area (Å²) in [6, 6.07) is 16.5. The molecule has 2 amide bonds. The van der Waals surface area contributed by atoms with E-state index in [0.29, 0.717) is 23.5 Å². The molecule has 0 aliphatic heterocycles. The second-order valence-corrected chi connectivity index (χ2v) is 6.55. The normalized spacial score (nSPS) is 10.4. The lowest BCUT2D eigenvalue weighted by Crippen LogP contribution is -2.23. The standard InChI is InChI=1S/C19H17BrN4O2/c1-21-18(25)14-4-2-3-12(9-14)11-22-19(26)17-10-16(23-24-17)13-5-7-15(20)8-6-13/h2-10H,11H2,1H3,(H,21,25)(H,22,26)(H,23,24). The summed E-state index contributed by atoms with van der Waals surface area (Å²) < 4.78 is 0.980. The first-order valence-corrected chi connectivity index (χ1v) is 8.76. The Morgan fingerprint density at radius 1 is 1.08 bits per heavy atom. The molecular formula is C19H17BrN4O2. The fourth-order valence-electron chi connectivity index (χ4n) is 2.45. The van der Waals surface area contributed by atoms with Gasteiger partial charge in [-0.25, -0.2) is 0 Å². The number of hydrogen-bond acceptors (Lipinski definition) is 3. The van der Waals surface area contributed by atoms with Crippen LogP contribution >= 0.6 is 15.9 Å². The van der Waals surface area contributed by atoms with Crippen LogP contribution in [0.3, 0.4) is 0 Å². The molecule has 0 fully saturated rings. The van der Waals surface area contributed by atoms with Crippen molar-refractivity contribution in [2.75, 3.05) is 7.05 Å². The van der Waals surface area contributed by atoms with Crippen LogP contribution < -0.4 is 10.6 Å². The van der Waals surface area contributed by atoms with Crippen molar-refractivity contribution in [1.82, 2.24) is 20.8 Å². The largest absolute Gasteiger partial charge is 0.355 e. The molecular weight excluding hydrogens is 396 g/mol. The molecule has 0 atom stereocenters. The van der Waals surface area contributed by atoms with Crippen LogP contribution in [0.25, 0.3) is 11.3 Å². The highest BCUT2D eigenvalue weighted by Crippen LogP contribution is 2.20. The Bertz CT molecular complexity index is 935. The van der Waals surface area contributed by atoms with Crippen LogP contribution in [-0.4, -0.2) is 29.1 Å². The van der Waals surface area contributed by atoms with Crippen molar-refractivity contribution in [1.29, 1.82) is 0 Å². The summed E-state index contributed by atoms with van der Waals surface area (Å²) in [6.45, 7) is 0.316. The molecule has 2 aromatic carbocycles. The van der Waals surface area contributed by atoms with Crippen LogP contribution in [0, 0.1) is 0 Å². The third-order valence-electron chi connectivity index (χ3n) is 3.83. The van der Waals surface area contributed by atoms with Crippen LogP contribution in [0.15, 0.2) is 59.1 Å². The summed E-state index contributed by atoms with van der Waals surface area (Å²) >= 11 is 3.39. The molecule has 3 rings (SSSR count). The molecule has 3 N–H and O–H groups in total. The zero-order valence-electron chi connectivity index (χ0n) is 14.0. The van der Waals surface area contributed by atoms with Crippen LogP contribution in [0.2, 0.25) is 0 Å². The minimum Gasteiger partial charge on any atom is -0.355 e. The summed E-state index contributed by atoms with van der Waals surface area (Å²) in [6.07, 6.45) is 0. The van der Waals surface area contributed by atoms with E-state index in [1.165, 1.54) is 0 Å². The molecule has 0 unspecified atom stereocenters. The van der Waals surface area contributed by atoms with Crippen LogP contribution in [0.1, 0.15) is 26.4 Å². The van der Waals surface area contributed by atoms with Gasteiger partial charge >= 0.3 is 0 Å². The van der Waals surface area contributed by atoms with Gasteiger partial charge in [0.2, 0.25) is 0 Å². The number of aromatic nitrogens is 2. The van der Waals surface area contributed by atoms with E-state index >= 15 is 0 Å². The van der Waals surface area contributed by atoms with Gasteiger partial charge in [0.1, 0.15) is 5.69 Å². The molecule has 0 bridgehead atoms. The van der Waals surface area contributed by atoms with E-state index in [1.807, 2.05) is 30.3 Å². The van der Waals surface area contributed by atoms with Gasteiger partial charge in [0.25, 0.3) is 11.8 Å². The third kappa shape index (κ3) is 4.18. The number of amides is 2. The fraction of sp³-hybridized carbons (Fsp3) is 0.105. The second kappa shape index (κ2) is 7.97. The molecule has 1 aromatic heterocycles. The van der Waals surface area contributed by atoms with E-state index < -0.39 is 0 Å². The van der Waals surface area contributed by atoms with E-state index in [4.69, 9.17) is 0 Å². The van der Waals surface area contributed by atoms with E-state index in [2.05, 4.69) is 36.8 Å². The maximum absolute atomic E-state index is 12.3. The van der Waals surface area contributed by atoms with Gasteiger partial charge in [-0.2, -0.15) is 5.10 Å². The van der Waals surface area contributed by atoms with Gasteiger partial charge in [0.05, 0.1) is 5.69 Å². The summed E-state index contributed by atoms with van der Waals surface area (Å²) in [5.74, 6) is -0.419. The Morgan fingerprint density at radius 3 is 2.58 bits per heavy atom. The molecule has 0 saturated heterocycles. The minimum atomic E-state index is -0.258. The Labute approximate surface area is 159 Å². The Kier molecular flexibility index (Phi) is 5.48. The van der Waals surface area contributed by atoms with Crippen molar-refractivity contribution in [2.45, 2.75) is 6.54 Å². The molecule has 0 spiro atoms. The lowest BCUT2D eigenvalue weighted by Gasteiger charge is -2.06. The molecule has 0 saturated carbocycles. The molecule has 0 aliphatic rings. The van der Waals surface area contributed by atoms with Gasteiger partial charge in [-0.15, -0.1) is 0 Å². The van der Waals surface area contributed by atoms with Gasteiger partial charge < -0.3 is 10.6 Å². The van der Waals surface area contributed by atoms with Gasteiger partial charge in [-0.1, -0.05) is 40.2 Å². The third-order valence-corrected chi connectivity index (χ3v) is 4.36. The maximum atomic E-state index is 12.3. The molecule has 26 heavy (non-hydrogen) atoms. The molecule has 0 aliphatic carbocycles. The Balaban J connectivity index is 1.66. The highest BCUT2D eigenvalue weighted by atomic mass is 79.9. The molecule has 3 aromatic rings. The molecule has 6 nitrogen and oxygen atoms in total. The number of nitrogens with zero attached hydrogens (tertiary/aromatic N) is 1. The first kappa shape index (κ1) is 17.9. The number of carbonyl (C=O) groups excluding carboxylic acids is 2. The molecule has 0 radical (unpaired) electrons. The number of H-pyrrole nitrogens is 1. The van der Waals surface area contributed by atoms with E-state index in [-0.39, 0.29) is 11.8 Å². The summed E-state index contributed by atoms with van der Waals surface area (Å²) in [5.41, 5.74) is 3.39. The van der Waals surface area contributed by atoms with E-state index in [0.717, 1.165) is 15.6 Å². The topological polar surface area (TPSA) is 86.9 Å². The number of rotatable bonds is 5. The van der Waals surface area contributed by atoms with Gasteiger partial charge in [-0.05, 0) is 35.9 Å². The van der Waals surface area contributed by atoms with Gasteiger partial charge in [0.15, 0.2) is 0 Å². The number of nitrogens with one attached hydrogen (secondary N) is 3. The fourth-order valence-corrected chi connectivity index (χ4v) is 2.72. The van der Waals surface area contributed by atoms with Crippen molar-refractivity contribution >= 4 is 27.7 Å². The van der Waals surface area contributed by atoms with Crippen molar-refractivity contribution < 1.29 is 9.59 Å². The Morgan fingerprint density at radius 2 is 1.85 bits per heavy atom. The maximum Gasteiger partial charge on any atom is 0.269 e. The predicted molar refractivity (Wildman–Crippen MR) is 103 cm³/mol. The lowest BCUT2D eigenvalue weighted by atomic mass is 10.1. The van der Waals surface area contributed by atoms with Gasteiger partial charge in [0, 0.05) is 29.2 Å². The van der Waals surface area contributed by atoms with Crippen molar-refractivity contribution in [3.8, 4) is 11.3 Å². The predicted octanol–water partition coefficient (Wildman–Crippen LogP) is 3.13. The summed E-state index contributed by atoms with van der Waals surface area (Å²) in [4.78, 5) is 24.0. The van der Waals surface area contributed by atoms with Crippen molar-refractivity contribution in [3.05, 3.63) is 75.9 Å². The SMILES string of the molecule is CNC(=O)c1cccc(CNC(=O)c2cc(-c3ccc(Br)cc3)n[nH]2)c1.